The van der Waals surface area contributed by atoms with Gasteiger partial charge in [0, 0.05) is 26.1 Å². The van der Waals surface area contributed by atoms with E-state index in [0.29, 0.717) is 17.9 Å². The van der Waals surface area contributed by atoms with Crippen LogP contribution in [0, 0.1) is 0 Å². The van der Waals surface area contributed by atoms with Crippen LogP contribution in [0.3, 0.4) is 0 Å². The Kier molecular flexibility index (Phi) is 6.21. The van der Waals surface area contributed by atoms with Gasteiger partial charge in [-0.15, -0.1) is 0 Å². The normalized spacial score (nSPS) is 17.0. The Morgan fingerprint density at radius 2 is 2.14 bits per heavy atom. The van der Waals surface area contributed by atoms with Crippen LogP contribution in [-0.2, 0) is 9.53 Å². The Morgan fingerprint density at radius 3 is 2.86 bits per heavy atom. The summed E-state index contributed by atoms with van der Waals surface area (Å²) in [7, 11) is 1.52. The number of rotatable bonds is 7. The fourth-order valence-corrected chi connectivity index (χ4v) is 2.34. The second-order valence-corrected chi connectivity index (χ2v) is 5.15. The number of hydrogen-bond donors (Lipinski definition) is 2. The Bertz CT molecular complexity index is 513. The number of benzene rings is 1. The number of methoxy groups -OCH3 is 1. The van der Waals surface area contributed by atoms with E-state index >= 15 is 0 Å². The lowest BCUT2D eigenvalue weighted by Gasteiger charge is -2.11. The molecular formula is C16H22N2O4. The van der Waals surface area contributed by atoms with E-state index < -0.39 is 0 Å². The average Bonchev–Trinajstić information content (AvgIpc) is 3.06. The second-order valence-electron chi connectivity index (χ2n) is 5.15. The van der Waals surface area contributed by atoms with Crippen molar-refractivity contribution < 1.29 is 19.1 Å². The van der Waals surface area contributed by atoms with Crippen molar-refractivity contribution in [3.8, 4) is 5.75 Å². The first-order chi connectivity index (χ1) is 10.7. The zero-order valence-corrected chi connectivity index (χ0v) is 12.8. The molecule has 0 saturated carbocycles. The van der Waals surface area contributed by atoms with Crippen molar-refractivity contribution in [3.63, 3.8) is 0 Å². The summed E-state index contributed by atoms with van der Waals surface area (Å²) in [6.07, 6.45) is 2.42. The minimum atomic E-state index is -0.246. The van der Waals surface area contributed by atoms with Crippen molar-refractivity contribution >= 4 is 11.8 Å². The molecule has 0 radical (unpaired) electrons. The lowest BCUT2D eigenvalue weighted by atomic mass is 10.2. The Labute approximate surface area is 130 Å². The highest BCUT2D eigenvalue weighted by Gasteiger charge is 2.16. The number of nitrogens with one attached hydrogen (secondary N) is 2. The average molecular weight is 306 g/mol. The largest absolute Gasteiger partial charge is 0.496 e. The maximum Gasteiger partial charge on any atom is 0.255 e. The van der Waals surface area contributed by atoms with Crippen LogP contribution in [0.1, 0.15) is 29.6 Å². The summed E-state index contributed by atoms with van der Waals surface area (Å²) in [6, 6.07) is 6.98. The molecule has 0 bridgehead atoms. The zero-order chi connectivity index (χ0) is 15.8. The molecule has 1 heterocycles. The standard InChI is InChI=1S/C16H22N2O4/c1-21-14-7-3-2-6-13(14)16(20)17-9-8-15(19)18-11-12-5-4-10-22-12/h2-3,6-7,12H,4-5,8-11H2,1H3,(H,17,20)(H,18,19)/t12-/m1/s1. The molecule has 0 unspecified atom stereocenters. The molecule has 2 N–H and O–H groups in total. The van der Waals surface area contributed by atoms with Crippen LogP contribution in [0.15, 0.2) is 24.3 Å². The number of amides is 2. The van der Waals surface area contributed by atoms with Crippen molar-refractivity contribution in [2.24, 2.45) is 0 Å². The first kappa shape index (κ1) is 16.3. The van der Waals surface area contributed by atoms with Crippen molar-refractivity contribution in [1.82, 2.24) is 10.6 Å². The first-order valence-corrected chi connectivity index (χ1v) is 7.50. The van der Waals surface area contributed by atoms with Crippen LogP contribution >= 0.6 is 0 Å². The number of para-hydroxylation sites is 1. The first-order valence-electron chi connectivity index (χ1n) is 7.50. The maximum atomic E-state index is 12.0. The van der Waals surface area contributed by atoms with Gasteiger partial charge in [-0.3, -0.25) is 9.59 Å². The van der Waals surface area contributed by atoms with E-state index in [1.807, 2.05) is 0 Å². The van der Waals surface area contributed by atoms with Gasteiger partial charge >= 0.3 is 0 Å². The Morgan fingerprint density at radius 1 is 1.32 bits per heavy atom. The quantitative estimate of drug-likeness (QED) is 0.791. The summed E-state index contributed by atoms with van der Waals surface area (Å²) < 4.78 is 10.6. The number of carbonyl (C=O) groups excluding carboxylic acids is 2. The molecule has 120 valence electrons. The summed E-state index contributed by atoms with van der Waals surface area (Å²) in [5.41, 5.74) is 0.463. The molecule has 1 aromatic rings. The molecule has 1 aromatic carbocycles. The summed E-state index contributed by atoms with van der Waals surface area (Å²) in [5.74, 6) is 0.183. The van der Waals surface area contributed by atoms with Gasteiger partial charge in [0.1, 0.15) is 5.75 Å². The number of ether oxygens (including phenoxy) is 2. The number of hydrogen-bond acceptors (Lipinski definition) is 4. The molecule has 1 saturated heterocycles. The van der Waals surface area contributed by atoms with Gasteiger partial charge in [-0.25, -0.2) is 0 Å². The molecule has 1 aliphatic rings. The third kappa shape index (κ3) is 4.73. The Hall–Kier alpha value is -2.08. The van der Waals surface area contributed by atoms with E-state index in [2.05, 4.69) is 10.6 Å². The lowest BCUT2D eigenvalue weighted by molar-refractivity contribution is -0.121. The van der Waals surface area contributed by atoms with Gasteiger partial charge in [-0.1, -0.05) is 12.1 Å². The highest BCUT2D eigenvalue weighted by atomic mass is 16.5. The van der Waals surface area contributed by atoms with E-state index in [0.717, 1.165) is 19.4 Å². The van der Waals surface area contributed by atoms with Crippen LogP contribution in [0.4, 0.5) is 0 Å². The second kappa shape index (κ2) is 8.38. The van der Waals surface area contributed by atoms with Crippen molar-refractivity contribution in [3.05, 3.63) is 29.8 Å². The lowest BCUT2D eigenvalue weighted by Crippen LogP contribution is -2.34. The number of carbonyl (C=O) groups is 2. The van der Waals surface area contributed by atoms with E-state index in [1.165, 1.54) is 7.11 Å². The van der Waals surface area contributed by atoms with E-state index in [-0.39, 0.29) is 30.9 Å². The van der Waals surface area contributed by atoms with Crippen LogP contribution < -0.4 is 15.4 Å². The molecule has 1 atom stereocenters. The molecule has 0 spiro atoms. The topological polar surface area (TPSA) is 76.7 Å². The third-order valence-electron chi connectivity index (χ3n) is 3.54. The van der Waals surface area contributed by atoms with Crippen LogP contribution in [0.5, 0.6) is 5.75 Å². The molecule has 6 heteroatoms. The molecule has 0 aliphatic carbocycles. The van der Waals surface area contributed by atoms with Gasteiger partial charge in [-0.2, -0.15) is 0 Å². The summed E-state index contributed by atoms with van der Waals surface area (Å²) in [5, 5.41) is 5.54. The van der Waals surface area contributed by atoms with Crippen LogP contribution in [0.25, 0.3) is 0 Å². The molecule has 1 aliphatic heterocycles. The fourth-order valence-electron chi connectivity index (χ4n) is 2.34. The van der Waals surface area contributed by atoms with E-state index in [4.69, 9.17) is 9.47 Å². The molecule has 0 aromatic heterocycles. The van der Waals surface area contributed by atoms with Gasteiger partial charge < -0.3 is 20.1 Å². The molecular weight excluding hydrogens is 284 g/mol. The van der Waals surface area contributed by atoms with Crippen LogP contribution in [0.2, 0.25) is 0 Å². The SMILES string of the molecule is COc1ccccc1C(=O)NCCC(=O)NC[C@H]1CCCO1. The van der Waals surface area contributed by atoms with Gasteiger partial charge in [-0.05, 0) is 25.0 Å². The maximum absolute atomic E-state index is 12.0. The summed E-state index contributed by atoms with van der Waals surface area (Å²) in [6.45, 7) is 1.60. The molecule has 22 heavy (non-hydrogen) atoms. The molecule has 6 nitrogen and oxygen atoms in total. The van der Waals surface area contributed by atoms with Crippen LogP contribution in [-0.4, -0.2) is 44.7 Å². The smallest absolute Gasteiger partial charge is 0.255 e. The molecule has 1 fully saturated rings. The fraction of sp³-hybridized carbons (Fsp3) is 0.500. The highest BCUT2D eigenvalue weighted by molar-refractivity contribution is 5.97. The molecule has 2 amide bonds. The van der Waals surface area contributed by atoms with E-state index in [9.17, 15) is 9.59 Å². The molecule has 2 rings (SSSR count). The minimum Gasteiger partial charge on any atom is -0.496 e. The van der Waals surface area contributed by atoms with Crippen molar-refractivity contribution in [2.75, 3.05) is 26.8 Å². The van der Waals surface area contributed by atoms with Gasteiger partial charge in [0.15, 0.2) is 0 Å². The minimum absolute atomic E-state index is 0.0872. The van der Waals surface area contributed by atoms with E-state index in [1.54, 1.807) is 24.3 Å². The zero-order valence-electron chi connectivity index (χ0n) is 12.8. The van der Waals surface area contributed by atoms with Crippen molar-refractivity contribution in [2.45, 2.75) is 25.4 Å². The predicted octanol–water partition coefficient (Wildman–Crippen LogP) is 1.11. The summed E-state index contributed by atoms with van der Waals surface area (Å²) in [4.78, 5) is 23.7. The van der Waals surface area contributed by atoms with Crippen molar-refractivity contribution in [1.29, 1.82) is 0 Å². The van der Waals surface area contributed by atoms with Gasteiger partial charge in [0.25, 0.3) is 5.91 Å². The van der Waals surface area contributed by atoms with Gasteiger partial charge in [0.2, 0.25) is 5.91 Å². The predicted molar refractivity (Wildman–Crippen MR) is 81.9 cm³/mol. The highest BCUT2D eigenvalue weighted by Crippen LogP contribution is 2.16. The van der Waals surface area contributed by atoms with Gasteiger partial charge in [0.05, 0.1) is 18.8 Å². The monoisotopic (exact) mass is 306 g/mol. The third-order valence-corrected chi connectivity index (χ3v) is 3.54. The Balaban J connectivity index is 1.68. The summed E-state index contributed by atoms with van der Waals surface area (Å²) >= 11 is 0.